The Hall–Kier alpha value is -3.82. The Bertz CT molecular complexity index is 1250. The minimum Gasteiger partial charge on any atom is -0.482 e. The first-order valence-corrected chi connectivity index (χ1v) is 13.2. The van der Waals surface area contributed by atoms with Crippen molar-refractivity contribution in [2.24, 2.45) is 5.16 Å². The molecule has 0 saturated heterocycles. The van der Waals surface area contributed by atoms with Crippen LogP contribution in [-0.4, -0.2) is 48.8 Å². The van der Waals surface area contributed by atoms with E-state index in [9.17, 15) is 4.39 Å². The van der Waals surface area contributed by atoms with Gasteiger partial charge in [0.25, 0.3) is 0 Å². The molecule has 0 saturated carbocycles. The van der Waals surface area contributed by atoms with Crippen LogP contribution < -0.4 is 10.1 Å². The molecule has 9 heteroatoms. The zero-order valence-corrected chi connectivity index (χ0v) is 24.5. The van der Waals surface area contributed by atoms with Crippen molar-refractivity contribution in [1.29, 1.82) is 0 Å². The van der Waals surface area contributed by atoms with Crippen molar-refractivity contribution in [3.05, 3.63) is 84.2 Å². The van der Waals surface area contributed by atoms with Crippen molar-refractivity contribution in [1.82, 2.24) is 15.5 Å². The molecule has 0 amide bonds. The molecule has 216 valence electrons. The van der Waals surface area contributed by atoms with E-state index in [0.29, 0.717) is 52.5 Å². The standard InChI is InChI=1S/C26H28FN3O3.C5H13NO/c1-7-19-9-10-21(15-23(19)27)17(5)29-32-18(6)24(8-2)31-22-13-11-20(12-14-22)25-28-26(16(3)4)33-30-25;1-5(6-2)4-7-3/h7,9-16,24H,1,6,8H2,2-5H3;5-6H,4H2,1-3H3/b29-17+;. The minimum absolute atomic E-state index is 0.169. The molecule has 0 aliphatic carbocycles. The number of nitrogens with one attached hydrogen (secondary N) is 1. The molecule has 8 nitrogen and oxygen atoms in total. The van der Waals surface area contributed by atoms with Gasteiger partial charge in [0.1, 0.15) is 11.6 Å². The van der Waals surface area contributed by atoms with Crippen LogP contribution in [0.1, 0.15) is 64.0 Å². The molecule has 0 aliphatic rings. The maximum atomic E-state index is 14.0. The van der Waals surface area contributed by atoms with Gasteiger partial charge in [-0.1, -0.05) is 62.5 Å². The van der Waals surface area contributed by atoms with Crippen molar-refractivity contribution in [3.63, 3.8) is 0 Å². The molecule has 1 heterocycles. The highest BCUT2D eigenvalue weighted by Gasteiger charge is 2.16. The van der Waals surface area contributed by atoms with Crippen molar-refractivity contribution in [2.75, 3.05) is 20.8 Å². The van der Waals surface area contributed by atoms with Crippen LogP contribution in [0.2, 0.25) is 0 Å². The van der Waals surface area contributed by atoms with Crippen LogP contribution in [0.5, 0.6) is 5.75 Å². The molecule has 2 aromatic carbocycles. The molecule has 0 radical (unpaired) electrons. The van der Waals surface area contributed by atoms with E-state index < -0.39 is 6.10 Å². The summed E-state index contributed by atoms with van der Waals surface area (Å²) in [6.07, 6.45) is 1.68. The van der Waals surface area contributed by atoms with Crippen LogP contribution in [-0.2, 0) is 9.57 Å². The number of nitrogens with zero attached hydrogens (tertiary/aromatic N) is 3. The number of hydrogen-bond acceptors (Lipinski definition) is 8. The lowest BCUT2D eigenvalue weighted by atomic mass is 10.1. The number of oxime groups is 1. The molecular formula is C31H41FN4O4. The molecule has 0 fully saturated rings. The van der Waals surface area contributed by atoms with E-state index >= 15 is 0 Å². The Morgan fingerprint density at radius 3 is 2.38 bits per heavy atom. The molecule has 2 atom stereocenters. The van der Waals surface area contributed by atoms with Gasteiger partial charge in [0.05, 0.1) is 12.3 Å². The summed E-state index contributed by atoms with van der Waals surface area (Å²) in [7, 11) is 3.62. The summed E-state index contributed by atoms with van der Waals surface area (Å²) in [5.41, 5.74) is 2.39. The van der Waals surface area contributed by atoms with Crippen molar-refractivity contribution in [3.8, 4) is 17.1 Å². The van der Waals surface area contributed by atoms with E-state index in [0.717, 1.165) is 12.2 Å². The molecule has 1 N–H and O–H groups in total. The number of ether oxygens (including phenoxy) is 2. The summed E-state index contributed by atoms with van der Waals surface area (Å²) < 4.78 is 30.1. The number of benzene rings is 2. The van der Waals surface area contributed by atoms with Gasteiger partial charge in [-0.3, -0.25) is 0 Å². The largest absolute Gasteiger partial charge is 0.482 e. The number of likely N-dealkylation sites (N-methyl/N-ethyl adjacent to an activating group) is 1. The normalized spacial score (nSPS) is 12.8. The number of aromatic nitrogens is 2. The van der Waals surface area contributed by atoms with Crippen LogP contribution in [0.25, 0.3) is 17.5 Å². The monoisotopic (exact) mass is 552 g/mol. The summed E-state index contributed by atoms with van der Waals surface area (Å²) in [4.78, 5) is 9.89. The third kappa shape index (κ3) is 9.73. The Morgan fingerprint density at radius 2 is 1.88 bits per heavy atom. The van der Waals surface area contributed by atoms with Gasteiger partial charge in [-0.25, -0.2) is 4.39 Å². The zero-order valence-electron chi connectivity index (χ0n) is 24.5. The van der Waals surface area contributed by atoms with E-state index in [4.69, 9.17) is 18.8 Å². The first-order valence-electron chi connectivity index (χ1n) is 13.2. The van der Waals surface area contributed by atoms with Gasteiger partial charge in [0, 0.05) is 35.8 Å². The summed E-state index contributed by atoms with van der Waals surface area (Å²) >= 11 is 0. The van der Waals surface area contributed by atoms with Crippen LogP contribution in [0.3, 0.4) is 0 Å². The maximum absolute atomic E-state index is 14.0. The lowest BCUT2D eigenvalue weighted by molar-refractivity contribution is 0.121. The molecule has 3 rings (SSSR count). The fourth-order valence-corrected chi connectivity index (χ4v) is 3.30. The van der Waals surface area contributed by atoms with Crippen molar-refractivity contribution in [2.45, 2.75) is 59.1 Å². The SMILES string of the molecule is C=Cc1ccc(/C(C)=N/OC(=C)C(CC)Oc2ccc(-c3noc(C(C)C)n3)cc2)cc1F.CNC(C)COC. The molecule has 2 unspecified atom stereocenters. The van der Waals surface area contributed by atoms with Gasteiger partial charge < -0.3 is 24.2 Å². The molecule has 40 heavy (non-hydrogen) atoms. The van der Waals surface area contributed by atoms with Crippen molar-refractivity contribution < 1.29 is 23.2 Å². The maximum Gasteiger partial charge on any atom is 0.229 e. The Kier molecular flexibility index (Phi) is 13.2. The summed E-state index contributed by atoms with van der Waals surface area (Å²) in [5, 5.41) is 11.1. The first kappa shape index (κ1) is 32.4. The molecule has 0 bridgehead atoms. The lowest BCUT2D eigenvalue weighted by Crippen LogP contribution is -2.25. The van der Waals surface area contributed by atoms with Crippen LogP contribution >= 0.6 is 0 Å². The fourth-order valence-electron chi connectivity index (χ4n) is 3.30. The zero-order chi connectivity index (χ0) is 29.7. The summed E-state index contributed by atoms with van der Waals surface area (Å²) in [5.74, 6) is 1.93. The van der Waals surface area contributed by atoms with E-state index in [1.165, 1.54) is 12.1 Å². The smallest absolute Gasteiger partial charge is 0.229 e. The third-order valence-corrected chi connectivity index (χ3v) is 5.90. The average molecular weight is 553 g/mol. The highest BCUT2D eigenvalue weighted by molar-refractivity contribution is 5.98. The van der Waals surface area contributed by atoms with Gasteiger partial charge in [-0.15, -0.1) is 0 Å². The minimum atomic E-state index is -0.412. The number of halogens is 1. The number of methoxy groups -OCH3 is 1. The second-order valence-corrected chi connectivity index (χ2v) is 9.47. The Labute approximate surface area is 236 Å². The van der Waals surface area contributed by atoms with E-state index in [1.807, 2.05) is 52.1 Å². The van der Waals surface area contributed by atoms with E-state index in [-0.39, 0.29) is 11.7 Å². The van der Waals surface area contributed by atoms with Gasteiger partial charge >= 0.3 is 0 Å². The van der Waals surface area contributed by atoms with Crippen LogP contribution in [0.15, 0.2) is 71.1 Å². The fraction of sp³-hybridized carbons (Fsp3) is 0.387. The molecular weight excluding hydrogens is 511 g/mol. The number of rotatable bonds is 13. The predicted octanol–water partition coefficient (Wildman–Crippen LogP) is 6.99. The van der Waals surface area contributed by atoms with E-state index in [2.05, 4.69) is 40.7 Å². The number of hydrogen-bond donors (Lipinski definition) is 1. The highest BCUT2D eigenvalue weighted by Crippen LogP contribution is 2.24. The highest BCUT2D eigenvalue weighted by atomic mass is 19.1. The predicted molar refractivity (Wildman–Crippen MR) is 158 cm³/mol. The second kappa shape index (κ2) is 16.3. The third-order valence-electron chi connectivity index (χ3n) is 5.90. The topological polar surface area (TPSA) is 91.0 Å². The Morgan fingerprint density at radius 1 is 1.18 bits per heavy atom. The van der Waals surface area contributed by atoms with Gasteiger partial charge in [0.15, 0.2) is 11.9 Å². The summed E-state index contributed by atoms with van der Waals surface area (Å²) in [6.45, 7) is 18.1. The van der Waals surface area contributed by atoms with Gasteiger partial charge in [-0.05, 0) is 57.6 Å². The Balaban J connectivity index is 0.000000708. The summed E-state index contributed by atoms with van der Waals surface area (Å²) in [6, 6.07) is 12.7. The lowest BCUT2D eigenvalue weighted by Gasteiger charge is -2.18. The molecule has 3 aromatic rings. The molecule has 0 spiro atoms. The van der Waals surface area contributed by atoms with Gasteiger partial charge in [-0.2, -0.15) is 4.98 Å². The van der Waals surface area contributed by atoms with E-state index in [1.54, 1.807) is 26.2 Å². The van der Waals surface area contributed by atoms with Crippen molar-refractivity contribution >= 4 is 11.8 Å². The molecule has 1 aromatic heterocycles. The van der Waals surface area contributed by atoms with Gasteiger partial charge in [0.2, 0.25) is 11.7 Å². The molecule has 0 aliphatic heterocycles. The van der Waals surface area contributed by atoms with Crippen LogP contribution in [0.4, 0.5) is 4.39 Å². The first-order chi connectivity index (χ1) is 19.1. The average Bonchev–Trinajstić information content (AvgIpc) is 3.46. The quantitative estimate of drug-likeness (QED) is 0.139. The second-order valence-electron chi connectivity index (χ2n) is 9.47. The van der Waals surface area contributed by atoms with Crippen LogP contribution in [0, 0.1) is 5.82 Å².